The van der Waals surface area contributed by atoms with Gasteiger partial charge < -0.3 is 14.9 Å². The van der Waals surface area contributed by atoms with Crippen molar-refractivity contribution in [2.45, 2.75) is 71.5 Å². The average molecular weight is 430 g/mol. The summed E-state index contributed by atoms with van der Waals surface area (Å²) in [4.78, 5) is 2.60. The number of nitrogens with zero attached hydrogens (tertiary/aromatic N) is 1. The van der Waals surface area contributed by atoms with Gasteiger partial charge in [0.2, 0.25) is 0 Å². The van der Waals surface area contributed by atoms with Gasteiger partial charge in [0.05, 0.1) is 25.4 Å². The van der Waals surface area contributed by atoms with Gasteiger partial charge in [-0.2, -0.15) is 0 Å². The molecule has 0 aromatic rings. The second-order valence-corrected chi connectivity index (χ2v) is 11.0. The maximum atomic E-state index is 10.4. The second-order valence-electron chi connectivity index (χ2n) is 11.0. The number of rotatable bonds is 4. The quantitative estimate of drug-likeness (QED) is 0.698. The van der Waals surface area contributed by atoms with Crippen LogP contribution in [-0.2, 0) is 4.74 Å². The average Bonchev–Trinajstić information content (AvgIpc) is 3.12. The van der Waals surface area contributed by atoms with Gasteiger partial charge in [0.25, 0.3) is 0 Å². The van der Waals surface area contributed by atoms with Crippen molar-refractivity contribution >= 4 is 0 Å². The third kappa shape index (κ3) is 4.59. The zero-order chi connectivity index (χ0) is 22.2. The van der Waals surface area contributed by atoms with Crippen LogP contribution in [0.15, 0.2) is 35.5 Å². The van der Waals surface area contributed by atoms with Crippen LogP contribution < -0.4 is 0 Å². The highest BCUT2D eigenvalue weighted by Gasteiger charge is 2.50. The van der Waals surface area contributed by atoms with Gasteiger partial charge in [-0.25, -0.2) is 0 Å². The minimum atomic E-state index is -0.637. The van der Waals surface area contributed by atoms with E-state index in [1.54, 1.807) is 5.57 Å². The number of ether oxygens (including phenoxy) is 1. The Balaban J connectivity index is 1.47. The summed E-state index contributed by atoms with van der Waals surface area (Å²) in [5, 5.41) is 20.7. The first-order valence-corrected chi connectivity index (χ1v) is 12.6. The number of allylic oxidation sites excluding steroid dienone is 3. The maximum Gasteiger partial charge on any atom is 0.0837 e. The van der Waals surface area contributed by atoms with Crippen LogP contribution in [0.25, 0.3) is 0 Å². The molecule has 3 aliphatic carbocycles. The van der Waals surface area contributed by atoms with Crippen molar-refractivity contribution in [1.82, 2.24) is 4.90 Å². The predicted molar refractivity (Wildman–Crippen MR) is 126 cm³/mol. The Morgan fingerprint density at radius 3 is 2.71 bits per heavy atom. The first-order chi connectivity index (χ1) is 14.8. The van der Waals surface area contributed by atoms with E-state index in [1.165, 1.54) is 38.6 Å². The Morgan fingerprint density at radius 2 is 1.97 bits per heavy atom. The first kappa shape index (κ1) is 23.2. The minimum absolute atomic E-state index is 0.140. The highest BCUT2D eigenvalue weighted by molar-refractivity contribution is 5.39. The van der Waals surface area contributed by atoms with E-state index in [9.17, 15) is 10.2 Å². The van der Waals surface area contributed by atoms with Crippen LogP contribution in [0.4, 0.5) is 0 Å². The molecule has 3 saturated carbocycles. The van der Waals surface area contributed by atoms with Gasteiger partial charge in [-0.1, -0.05) is 45.1 Å². The minimum Gasteiger partial charge on any atom is -0.392 e. The van der Waals surface area contributed by atoms with Gasteiger partial charge in [0.15, 0.2) is 0 Å². The van der Waals surface area contributed by atoms with E-state index in [2.05, 4.69) is 37.5 Å². The van der Waals surface area contributed by atoms with Crippen LogP contribution in [0.5, 0.6) is 0 Å². The molecule has 4 fully saturated rings. The molecule has 4 heteroatoms. The van der Waals surface area contributed by atoms with E-state index in [-0.39, 0.29) is 5.92 Å². The molecule has 2 N–H and O–H groups in total. The summed E-state index contributed by atoms with van der Waals surface area (Å²) in [5.74, 6) is 2.03. The van der Waals surface area contributed by atoms with Crippen molar-refractivity contribution in [3.05, 3.63) is 35.5 Å². The van der Waals surface area contributed by atoms with Crippen LogP contribution in [0, 0.1) is 29.1 Å². The molecule has 0 aromatic carbocycles. The first-order valence-electron chi connectivity index (χ1n) is 12.6. The smallest absolute Gasteiger partial charge is 0.0837 e. The lowest BCUT2D eigenvalue weighted by atomic mass is 9.61. The molecule has 4 rings (SSSR count). The van der Waals surface area contributed by atoms with Crippen molar-refractivity contribution in [2.75, 3.05) is 32.8 Å². The molecule has 0 bridgehead atoms. The summed E-state index contributed by atoms with van der Waals surface area (Å²) in [5.41, 5.74) is 3.79. The fourth-order valence-corrected chi connectivity index (χ4v) is 7.18. The Hall–Kier alpha value is -0.940. The molecular formula is C27H43NO3. The molecule has 174 valence electrons. The number of aliphatic hydroxyl groups is 2. The predicted octanol–water partition coefficient (Wildman–Crippen LogP) is 4.34. The number of aliphatic hydroxyl groups excluding tert-OH is 2. The van der Waals surface area contributed by atoms with E-state index in [4.69, 9.17) is 4.74 Å². The summed E-state index contributed by atoms with van der Waals surface area (Å²) < 4.78 is 5.54. The van der Waals surface area contributed by atoms with Gasteiger partial charge in [-0.15, -0.1) is 0 Å². The SMILES string of the molecule is C=C1C(=CC=C2CCC[C@]3(C)[C@@H](C(C)CN4CCOCC4)CC[C@@H]23)C[C@@H](O)[C@H](C)[C@@H]1O. The molecule has 1 aliphatic heterocycles. The van der Waals surface area contributed by atoms with Crippen molar-refractivity contribution in [3.8, 4) is 0 Å². The number of morpholine rings is 1. The number of fused-ring (bicyclic) bond motifs is 1. The van der Waals surface area contributed by atoms with E-state index in [1.807, 2.05) is 6.92 Å². The fraction of sp³-hybridized carbons (Fsp3) is 0.778. The summed E-state index contributed by atoms with van der Waals surface area (Å²) in [7, 11) is 0. The Morgan fingerprint density at radius 1 is 1.23 bits per heavy atom. The van der Waals surface area contributed by atoms with Gasteiger partial charge in [-0.05, 0) is 72.8 Å². The van der Waals surface area contributed by atoms with Crippen molar-refractivity contribution in [2.24, 2.45) is 29.1 Å². The lowest BCUT2D eigenvalue weighted by Gasteiger charge is -2.45. The van der Waals surface area contributed by atoms with Crippen molar-refractivity contribution in [3.63, 3.8) is 0 Å². The van der Waals surface area contributed by atoms with E-state index in [0.29, 0.717) is 17.8 Å². The lowest BCUT2D eigenvalue weighted by molar-refractivity contribution is 0.0154. The Kier molecular flexibility index (Phi) is 7.12. The third-order valence-electron chi connectivity index (χ3n) is 9.18. The molecule has 0 aromatic heterocycles. The van der Waals surface area contributed by atoms with Gasteiger partial charge in [0, 0.05) is 25.6 Å². The van der Waals surface area contributed by atoms with E-state index in [0.717, 1.165) is 49.3 Å². The highest BCUT2D eigenvalue weighted by atomic mass is 16.5. The fourth-order valence-electron chi connectivity index (χ4n) is 7.18. The van der Waals surface area contributed by atoms with Crippen molar-refractivity contribution in [1.29, 1.82) is 0 Å². The van der Waals surface area contributed by atoms with Crippen LogP contribution in [0.1, 0.15) is 59.3 Å². The third-order valence-corrected chi connectivity index (χ3v) is 9.18. The largest absolute Gasteiger partial charge is 0.392 e. The van der Waals surface area contributed by atoms with Gasteiger partial charge in [0.1, 0.15) is 0 Å². The molecule has 1 unspecified atom stereocenters. The van der Waals surface area contributed by atoms with Crippen LogP contribution in [-0.4, -0.2) is 60.2 Å². The standard InChI is InChI=1S/C27H43NO3/c1-18(17-28-12-14-31-15-13-28)23-9-10-24-21(6-5-11-27(23,24)4)7-8-22-16-25(29)20(3)26(30)19(22)2/h7-8,18,20,23-26,29-30H,2,5-6,9-17H2,1,3-4H3/t18?,20-,23+,24-,25+,26+,27+/m0/s1. The molecular weight excluding hydrogens is 386 g/mol. The topological polar surface area (TPSA) is 52.9 Å². The zero-order valence-corrected chi connectivity index (χ0v) is 19.9. The van der Waals surface area contributed by atoms with Crippen LogP contribution in [0.3, 0.4) is 0 Å². The molecule has 31 heavy (non-hydrogen) atoms. The highest BCUT2D eigenvalue weighted by Crippen LogP contribution is 2.59. The molecule has 0 spiro atoms. The van der Waals surface area contributed by atoms with Crippen LogP contribution >= 0.6 is 0 Å². The van der Waals surface area contributed by atoms with Gasteiger partial charge in [-0.3, -0.25) is 4.90 Å². The number of hydrogen-bond acceptors (Lipinski definition) is 4. The summed E-state index contributed by atoms with van der Waals surface area (Å²) >= 11 is 0. The summed E-state index contributed by atoms with van der Waals surface area (Å²) in [6.45, 7) is 16.2. The second kappa shape index (κ2) is 9.51. The Labute approximate surface area is 189 Å². The Bertz CT molecular complexity index is 722. The monoisotopic (exact) mass is 429 g/mol. The molecule has 1 saturated heterocycles. The van der Waals surface area contributed by atoms with E-state index >= 15 is 0 Å². The normalized spacial score (nSPS) is 43.4. The lowest BCUT2D eigenvalue weighted by Crippen LogP contribution is -2.43. The summed E-state index contributed by atoms with van der Waals surface area (Å²) in [6.07, 6.45) is 10.4. The molecule has 7 atom stereocenters. The molecule has 1 heterocycles. The summed E-state index contributed by atoms with van der Waals surface area (Å²) in [6, 6.07) is 0. The molecule has 0 radical (unpaired) electrons. The molecule has 0 amide bonds. The maximum absolute atomic E-state index is 10.4. The van der Waals surface area contributed by atoms with Gasteiger partial charge >= 0.3 is 0 Å². The molecule has 4 aliphatic rings. The van der Waals surface area contributed by atoms with E-state index < -0.39 is 12.2 Å². The number of hydrogen-bond donors (Lipinski definition) is 2. The molecule has 4 nitrogen and oxygen atoms in total. The zero-order valence-electron chi connectivity index (χ0n) is 19.9. The van der Waals surface area contributed by atoms with Crippen LogP contribution in [0.2, 0.25) is 0 Å². The van der Waals surface area contributed by atoms with Crippen molar-refractivity contribution < 1.29 is 14.9 Å².